The van der Waals surface area contributed by atoms with Crippen LogP contribution in [-0.4, -0.2) is 14.7 Å². The summed E-state index contributed by atoms with van der Waals surface area (Å²) in [6.07, 6.45) is 1.83. The van der Waals surface area contributed by atoms with Gasteiger partial charge in [0.05, 0.1) is 17.8 Å². The number of rotatable bonds is 6. The molecule has 0 amide bonds. The second-order valence-corrected chi connectivity index (χ2v) is 10.8. The lowest BCUT2D eigenvalue weighted by Gasteiger charge is -2.28. The number of halogens is 1. The third-order valence-electron chi connectivity index (χ3n) is 7.07. The smallest absolute Gasteiger partial charge is 0.174 e. The van der Waals surface area contributed by atoms with E-state index < -0.39 is 0 Å². The lowest BCUT2D eigenvalue weighted by Crippen LogP contribution is -2.29. The van der Waals surface area contributed by atoms with Gasteiger partial charge in [-0.05, 0) is 110 Å². The molecule has 194 valence electrons. The van der Waals surface area contributed by atoms with E-state index in [9.17, 15) is 0 Å². The Balaban J connectivity index is 1.41. The Morgan fingerprint density at radius 1 is 0.821 bits per heavy atom. The second kappa shape index (κ2) is 10.7. The van der Waals surface area contributed by atoms with Crippen LogP contribution in [0.4, 0.5) is 5.69 Å². The molecule has 0 saturated carbocycles. The summed E-state index contributed by atoms with van der Waals surface area (Å²) < 4.78 is 9.39. The number of pyridine rings is 1. The Morgan fingerprint density at radius 2 is 1.49 bits per heavy atom. The van der Waals surface area contributed by atoms with Crippen LogP contribution in [0.25, 0.3) is 5.69 Å². The molecule has 39 heavy (non-hydrogen) atoms. The van der Waals surface area contributed by atoms with Crippen LogP contribution in [0.5, 0.6) is 11.5 Å². The van der Waals surface area contributed by atoms with E-state index in [4.69, 9.17) is 21.9 Å². The first-order chi connectivity index (χ1) is 19.0. The van der Waals surface area contributed by atoms with E-state index >= 15 is 0 Å². The number of aryl methyl sites for hydroxylation is 1. The van der Waals surface area contributed by atoms with E-state index in [1.165, 1.54) is 11.3 Å². The van der Waals surface area contributed by atoms with Crippen molar-refractivity contribution in [1.29, 1.82) is 0 Å². The van der Waals surface area contributed by atoms with Gasteiger partial charge < -0.3 is 19.5 Å². The summed E-state index contributed by atoms with van der Waals surface area (Å²) in [6, 6.07) is 34.4. The molecule has 0 radical (unpaired) electrons. The maximum atomic E-state index is 6.04. The van der Waals surface area contributed by atoms with Crippen molar-refractivity contribution in [2.24, 2.45) is 0 Å². The molecule has 1 aliphatic rings. The summed E-state index contributed by atoms with van der Waals surface area (Å²) in [7, 11) is 0. The highest BCUT2D eigenvalue weighted by Gasteiger charge is 2.42. The van der Waals surface area contributed by atoms with Crippen molar-refractivity contribution in [3.63, 3.8) is 0 Å². The third kappa shape index (κ3) is 4.95. The summed E-state index contributed by atoms with van der Waals surface area (Å²) in [5.74, 6) is 1.58. The van der Waals surface area contributed by atoms with Crippen molar-refractivity contribution in [3.8, 4) is 17.2 Å². The van der Waals surface area contributed by atoms with Gasteiger partial charge >= 0.3 is 0 Å². The van der Waals surface area contributed by atoms with E-state index in [1.54, 1.807) is 0 Å². The average Bonchev–Trinajstić information content (AvgIpc) is 3.45. The van der Waals surface area contributed by atoms with Crippen LogP contribution in [0.2, 0.25) is 0 Å². The van der Waals surface area contributed by atoms with Crippen molar-refractivity contribution in [3.05, 3.63) is 136 Å². The summed E-state index contributed by atoms with van der Waals surface area (Å²) >= 11 is 9.51. The Morgan fingerprint density at radius 3 is 2.18 bits per heavy atom. The Labute approximate surface area is 242 Å². The number of nitrogens with one attached hydrogen (secondary N) is 1. The predicted octanol–water partition coefficient (Wildman–Crippen LogP) is 8.22. The molecule has 0 unspecified atom stereocenters. The predicted molar refractivity (Wildman–Crippen MR) is 164 cm³/mol. The SMILES string of the molecule is Cc1cc([C@H]2[C@H](c3ccccn3)NC(=S)N2c2ccc(Oc3ccccc3)cc2)c(C)n1-c1ccc(Br)cc1. The van der Waals surface area contributed by atoms with Gasteiger partial charge in [0.1, 0.15) is 11.5 Å². The molecule has 7 heteroatoms. The van der Waals surface area contributed by atoms with Crippen molar-refractivity contribution >= 4 is 38.9 Å². The molecule has 1 fully saturated rings. The van der Waals surface area contributed by atoms with Crippen LogP contribution in [-0.2, 0) is 0 Å². The Kier molecular flexibility index (Phi) is 6.94. The molecule has 5 aromatic rings. The molecule has 0 bridgehead atoms. The molecular formula is C32H27BrN4OS. The van der Waals surface area contributed by atoms with E-state index in [0.29, 0.717) is 5.11 Å². The number of benzene rings is 3. The largest absolute Gasteiger partial charge is 0.457 e. The normalized spacial score (nSPS) is 16.8. The minimum absolute atomic E-state index is 0.0938. The summed E-state index contributed by atoms with van der Waals surface area (Å²) in [5.41, 5.74) is 6.59. The first kappa shape index (κ1) is 25.3. The van der Waals surface area contributed by atoms with Gasteiger partial charge in [-0.2, -0.15) is 0 Å². The summed E-state index contributed by atoms with van der Waals surface area (Å²) in [5, 5.41) is 4.24. The number of thiocarbonyl (C=S) groups is 1. The van der Waals surface area contributed by atoms with Crippen molar-refractivity contribution in [2.75, 3.05) is 4.90 Å². The van der Waals surface area contributed by atoms with Gasteiger partial charge in [0.15, 0.2) is 5.11 Å². The van der Waals surface area contributed by atoms with Crippen LogP contribution in [0.15, 0.2) is 114 Å². The van der Waals surface area contributed by atoms with Crippen LogP contribution in [0, 0.1) is 13.8 Å². The van der Waals surface area contributed by atoms with Crippen molar-refractivity contribution < 1.29 is 4.74 Å². The van der Waals surface area contributed by atoms with E-state index in [1.807, 2.05) is 60.8 Å². The minimum Gasteiger partial charge on any atom is -0.457 e. The number of anilines is 1. The number of para-hydroxylation sites is 1. The van der Waals surface area contributed by atoms with Gasteiger partial charge in [0, 0.05) is 33.4 Å². The Bertz CT molecular complexity index is 1600. The number of ether oxygens (including phenoxy) is 1. The van der Waals surface area contributed by atoms with Gasteiger partial charge in [-0.25, -0.2) is 0 Å². The minimum atomic E-state index is -0.113. The highest BCUT2D eigenvalue weighted by molar-refractivity contribution is 9.10. The fraction of sp³-hybridized carbons (Fsp3) is 0.125. The molecule has 5 nitrogen and oxygen atoms in total. The second-order valence-electron chi connectivity index (χ2n) is 9.54. The maximum absolute atomic E-state index is 6.04. The van der Waals surface area contributed by atoms with Crippen LogP contribution >= 0.6 is 28.1 Å². The first-order valence-electron chi connectivity index (χ1n) is 12.8. The zero-order chi connectivity index (χ0) is 26.9. The van der Waals surface area contributed by atoms with Gasteiger partial charge in [-0.1, -0.05) is 40.2 Å². The fourth-order valence-electron chi connectivity index (χ4n) is 5.32. The van der Waals surface area contributed by atoms with E-state index in [0.717, 1.165) is 38.7 Å². The number of hydrogen-bond donors (Lipinski definition) is 1. The first-order valence-corrected chi connectivity index (χ1v) is 14.0. The molecule has 1 aliphatic heterocycles. The number of hydrogen-bond acceptors (Lipinski definition) is 3. The van der Waals surface area contributed by atoms with Gasteiger partial charge in [0.25, 0.3) is 0 Å². The van der Waals surface area contributed by atoms with Crippen molar-refractivity contribution in [1.82, 2.24) is 14.9 Å². The van der Waals surface area contributed by atoms with Crippen molar-refractivity contribution in [2.45, 2.75) is 25.9 Å². The molecule has 1 N–H and O–H groups in total. The number of aromatic nitrogens is 2. The lowest BCUT2D eigenvalue weighted by atomic mass is 9.96. The van der Waals surface area contributed by atoms with E-state index in [2.05, 4.69) is 93.1 Å². The average molecular weight is 596 g/mol. The highest BCUT2D eigenvalue weighted by atomic mass is 79.9. The zero-order valence-corrected chi connectivity index (χ0v) is 24.0. The quantitative estimate of drug-likeness (QED) is 0.201. The highest BCUT2D eigenvalue weighted by Crippen LogP contribution is 2.44. The van der Waals surface area contributed by atoms with E-state index in [-0.39, 0.29) is 12.1 Å². The molecule has 1 saturated heterocycles. The Hall–Kier alpha value is -3.94. The molecule has 3 heterocycles. The van der Waals surface area contributed by atoms with Crippen LogP contribution in [0.1, 0.15) is 34.7 Å². The third-order valence-corrected chi connectivity index (χ3v) is 7.91. The summed E-state index contributed by atoms with van der Waals surface area (Å²) in [4.78, 5) is 6.91. The zero-order valence-electron chi connectivity index (χ0n) is 21.6. The maximum Gasteiger partial charge on any atom is 0.174 e. The van der Waals surface area contributed by atoms with Crippen LogP contribution in [0.3, 0.4) is 0 Å². The van der Waals surface area contributed by atoms with Gasteiger partial charge in [0.2, 0.25) is 0 Å². The monoisotopic (exact) mass is 594 g/mol. The van der Waals surface area contributed by atoms with Crippen LogP contribution < -0.4 is 15.0 Å². The molecule has 3 aromatic carbocycles. The lowest BCUT2D eigenvalue weighted by molar-refractivity contribution is 0.482. The number of nitrogens with zero attached hydrogens (tertiary/aromatic N) is 3. The molecule has 2 aromatic heterocycles. The topological polar surface area (TPSA) is 42.3 Å². The molecular weight excluding hydrogens is 568 g/mol. The van der Waals surface area contributed by atoms with Gasteiger partial charge in [-0.15, -0.1) is 0 Å². The molecule has 2 atom stereocenters. The fourth-order valence-corrected chi connectivity index (χ4v) is 5.93. The standard InChI is InChI=1S/C32H27BrN4OS/c1-21-20-28(22(2)36(21)24-13-11-23(33)12-14-24)31-30(29-10-6-7-19-34-29)35-32(39)37(31)25-15-17-27(18-16-25)38-26-8-4-3-5-9-26/h3-20,30-31H,1-2H3,(H,35,39)/t30-,31-/m0/s1. The van der Waals surface area contributed by atoms with Gasteiger partial charge in [-0.3, -0.25) is 4.98 Å². The molecule has 0 aliphatic carbocycles. The molecule has 0 spiro atoms. The summed E-state index contributed by atoms with van der Waals surface area (Å²) in [6.45, 7) is 4.32. The molecule has 6 rings (SSSR count).